The first-order valence-corrected chi connectivity index (χ1v) is 6.08. The van der Waals surface area contributed by atoms with E-state index in [0.717, 1.165) is 5.82 Å². The molecule has 0 aromatic carbocycles. The van der Waals surface area contributed by atoms with Crippen molar-refractivity contribution in [3.8, 4) is 0 Å². The quantitative estimate of drug-likeness (QED) is 0.827. The highest BCUT2D eigenvalue weighted by Gasteiger charge is 2.36. The zero-order chi connectivity index (χ0) is 13.1. The van der Waals surface area contributed by atoms with E-state index < -0.39 is 11.4 Å². The van der Waals surface area contributed by atoms with E-state index in [1.54, 1.807) is 6.33 Å². The summed E-state index contributed by atoms with van der Waals surface area (Å²) in [5, 5.41) is 17.3. The van der Waals surface area contributed by atoms with Crippen molar-refractivity contribution in [2.24, 2.45) is 5.41 Å². The standard InChI is InChI=1S/C12H21N3O2/c1-5-12(6-2,11(16)17)7-10-14-13-8-15(10)9(3)4/h8-9H,5-7H2,1-4H3,(H,16,17). The first kappa shape index (κ1) is 13.7. The van der Waals surface area contributed by atoms with Crippen LogP contribution in [0.1, 0.15) is 52.4 Å². The predicted octanol–water partition coefficient (Wildman–Crippen LogP) is 2.29. The molecule has 96 valence electrons. The lowest BCUT2D eigenvalue weighted by Gasteiger charge is -2.26. The summed E-state index contributed by atoms with van der Waals surface area (Å²) >= 11 is 0. The Hall–Kier alpha value is -1.39. The van der Waals surface area contributed by atoms with Crippen LogP contribution in [0.3, 0.4) is 0 Å². The molecule has 1 N–H and O–H groups in total. The normalized spacial score (nSPS) is 12.1. The Morgan fingerprint density at radius 1 is 1.47 bits per heavy atom. The Labute approximate surface area is 102 Å². The van der Waals surface area contributed by atoms with E-state index in [9.17, 15) is 9.90 Å². The summed E-state index contributed by atoms with van der Waals surface area (Å²) in [5.74, 6) is 0.00639. The molecule has 0 spiro atoms. The van der Waals surface area contributed by atoms with Crippen LogP contribution in [-0.2, 0) is 11.2 Å². The van der Waals surface area contributed by atoms with E-state index in [-0.39, 0.29) is 6.04 Å². The Kier molecular flexibility index (Phi) is 4.26. The molecule has 1 rings (SSSR count). The molecule has 0 aliphatic rings. The summed E-state index contributed by atoms with van der Waals surface area (Å²) in [7, 11) is 0. The molecular formula is C12H21N3O2. The van der Waals surface area contributed by atoms with Crippen LogP contribution in [0.25, 0.3) is 0 Å². The average molecular weight is 239 g/mol. The SMILES string of the molecule is CCC(CC)(Cc1nncn1C(C)C)C(=O)O. The third-order valence-electron chi connectivity index (χ3n) is 3.51. The second-order valence-corrected chi connectivity index (χ2v) is 4.72. The minimum Gasteiger partial charge on any atom is -0.481 e. The third kappa shape index (κ3) is 2.65. The maximum atomic E-state index is 11.4. The van der Waals surface area contributed by atoms with E-state index in [1.165, 1.54) is 0 Å². The maximum absolute atomic E-state index is 11.4. The van der Waals surface area contributed by atoms with Gasteiger partial charge in [-0.05, 0) is 26.7 Å². The van der Waals surface area contributed by atoms with Gasteiger partial charge in [0, 0.05) is 12.5 Å². The van der Waals surface area contributed by atoms with Crippen LogP contribution in [0.5, 0.6) is 0 Å². The monoisotopic (exact) mass is 239 g/mol. The number of hydrogen-bond acceptors (Lipinski definition) is 3. The molecule has 0 amide bonds. The van der Waals surface area contributed by atoms with Crippen LogP contribution in [0.4, 0.5) is 0 Å². The van der Waals surface area contributed by atoms with Crippen molar-refractivity contribution in [1.29, 1.82) is 0 Å². The molecule has 0 saturated heterocycles. The minimum atomic E-state index is -0.749. The zero-order valence-corrected chi connectivity index (χ0v) is 11.0. The van der Waals surface area contributed by atoms with Crippen LogP contribution >= 0.6 is 0 Å². The largest absolute Gasteiger partial charge is 0.481 e. The number of nitrogens with zero attached hydrogens (tertiary/aromatic N) is 3. The first-order chi connectivity index (χ1) is 7.96. The van der Waals surface area contributed by atoms with Crippen molar-refractivity contribution in [3.63, 3.8) is 0 Å². The number of rotatable bonds is 6. The first-order valence-electron chi connectivity index (χ1n) is 6.08. The van der Waals surface area contributed by atoms with Gasteiger partial charge in [-0.25, -0.2) is 0 Å². The molecule has 5 nitrogen and oxygen atoms in total. The average Bonchev–Trinajstić information content (AvgIpc) is 2.73. The summed E-state index contributed by atoms with van der Waals surface area (Å²) in [6, 6.07) is 0.250. The molecule has 0 atom stereocenters. The molecule has 1 aromatic heterocycles. The van der Waals surface area contributed by atoms with E-state index in [0.29, 0.717) is 19.3 Å². The maximum Gasteiger partial charge on any atom is 0.310 e. The van der Waals surface area contributed by atoms with Gasteiger partial charge in [-0.15, -0.1) is 10.2 Å². The van der Waals surface area contributed by atoms with Gasteiger partial charge in [0.2, 0.25) is 0 Å². The number of hydrogen-bond donors (Lipinski definition) is 1. The molecule has 5 heteroatoms. The van der Waals surface area contributed by atoms with E-state index in [1.807, 2.05) is 32.3 Å². The Balaban J connectivity index is 3.02. The second-order valence-electron chi connectivity index (χ2n) is 4.72. The zero-order valence-electron chi connectivity index (χ0n) is 11.0. The van der Waals surface area contributed by atoms with E-state index in [4.69, 9.17) is 0 Å². The number of carbonyl (C=O) groups is 1. The van der Waals surface area contributed by atoms with Crippen molar-refractivity contribution in [2.45, 2.75) is 53.0 Å². The van der Waals surface area contributed by atoms with Crippen molar-refractivity contribution in [3.05, 3.63) is 12.2 Å². The summed E-state index contributed by atoms with van der Waals surface area (Å²) in [6.07, 6.45) is 3.30. The van der Waals surface area contributed by atoms with Crippen LogP contribution in [-0.4, -0.2) is 25.8 Å². The summed E-state index contributed by atoms with van der Waals surface area (Å²) in [5.41, 5.74) is -0.723. The van der Waals surface area contributed by atoms with Crippen molar-refractivity contribution in [1.82, 2.24) is 14.8 Å². The molecular weight excluding hydrogens is 218 g/mol. The van der Waals surface area contributed by atoms with Gasteiger partial charge in [-0.1, -0.05) is 13.8 Å². The fourth-order valence-corrected chi connectivity index (χ4v) is 2.01. The highest BCUT2D eigenvalue weighted by Crippen LogP contribution is 2.31. The van der Waals surface area contributed by atoms with E-state index in [2.05, 4.69) is 10.2 Å². The summed E-state index contributed by atoms with van der Waals surface area (Å²) < 4.78 is 1.93. The van der Waals surface area contributed by atoms with Crippen LogP contribution < -0.4 is 0 Å². The highest BCUT2D eigenvalue weighted by atomic mass is 16.4. The van der Waals surface area contributed by atoms with Crippen molar-refractivity contribution in [2.75, 3.05) is 0 Å². The molecule has 0 unspecified atom stereocenters. The third-order valence-corrected chi connectivity index (χ3v) is 3.51. The molecule has 0 aliphatic heterocycles. The number of carboxylic acid groups (broad SMARTS) is 1. The Morgan fingerprint density at radius 3 is 2.47 bits per heavy atom. The predicted molar refractivity (Wildman–Crippen MR) is 64.8 cm³/mol. The fraction of sp³-hybridized carbons (Fsp3) is 0.750. The van der Waals surface area contributed by atoms with Crippen molar-refractivity contribution >= 4 is 5.97 Å². The molecule has 0 aliphatic carbocycles. The lowest BCUT2D eigenvalue weighted by atomic mass is 9.79. The van der Waals surface area contributed by atoms with Gasteiger partial charge in [-0.2, -0.15) is 0 Å². The smallest absolute Gasteiger partial charge is 0.310 e. The number of aliphatic carboxylic acids is 1. The highest BCUT2D eigenvalue weighted by molar-refractivity contribution is 5.74. The molecule has 0 bridgehead atoms. The molecule has 17 heavy (non-hydrogen) atoms. The molecule has 1 aromatic rings. The van der Waals surface area contributed by atoms with Gasteiger partial charge in [0.1, 0.15) is 12.2 Å². The van der Waals surface area contributed by atoms with Gasteiger partial charge in [0.25, 0.3) is 0 Å². The second kappa shape index (κ2) is 5.29. The van der Waals surface area contributed by atoms with Crippen molar-refractivity contribution < 1.29 is 9.90 Å². The van der Waals surface area contributed by atoms with Gasteiger partial charge in [-0.3, -0.25) is 4.79 Å². The minimum absolute atomic E-state index is 0.250. The number of aromatic nitrogens is 3. The summed E-state index contributed by atoms with van der Waals surface area (Å²) in [6.45, 7) is 7.89. The van der Waals surface area contributed by atoms with Gasteiger partial charge in [0.15, 0.2) is 0 Å². The van der Waals surface area contributed by atoms with Crippen LogP contribution in [0.2, 0.25) is 0 Å². The van der Waals surface area contributed by atoms with Crippen LogP contribution in [0, 0.1) is 5.41 Å². The topological polar surface area (TPSA) is 68.0 Å². The lowest BCUT2D eigenvalue weighted by Crippen LogP contribution is -2.33. The van der Waals surface area contributed by atoms with Crippen LogP contribution in [0.15, 0.2) is 6.33 Å². The molecule has 0 radical (unpaired) electrons. The Bertz CT molecular complexity index is 381. The summed E-state index contributed by atoms with van der Waals surface area (Å²) in [4.78, 5) is 11.4. The number of carboxylic acids is 1. The molecule has 0 saturated carbocycles. The molecule has 1 heterocycles. The fourth-order valence-electron chi connectivity index (χ4n) is 2.01. The molecule has 0 fully saturated rings. The van der Waals surface area contributed by atoms with E-state index >= 15 is 0 Å². The van der Waals surface area contributed by atoms with Gasteiger partial charge >= 0.3 is 5.97 Å². The van der Waals surface area contributed by atoms with Gasteiger partial charge in [0.05, 0.1) is 5.41 Å². The lowest BCUT2D eigenvalue weighted by molar-refractivity contribution is -0.149. The Morgan fingerprint density at radius 2 is 2.06 bits per heavy atom. The van der Waals surface area contributed by atoms with Gasteiger partial charge < -0.3 is 9.67 Å².